The lowest BCUT2D eigenvalue weighted by atomic mass is 9.83. The number of rotatable bonds is 11. The van der Waals surface area contributed by atoms with Crippen molar-refractivity contribution < 1.29 is 4.39 Å². The van der Waals surface area contributed by atoms with Crippen LogP contribution in [0.15, 0.2) is 58.4 Å². The standard InChI is InChI=1S/C34H43ClFN7O/c1-21(2)6-4-7-22-16-26(31(36)27(35)17-22)29-18-24-20-43(33(44)41-32(24)40-29)25-11-9-23(10-12-25)28-8-5-13-34(3,42-28)14-15-39-30(38)19-37/h9-12,16-18,20-21,28,42H,4-8,13-15,19,37H2,1-3H3,(H2,38,39)(H,40,41,44). The van der Waals surface area contributed by atoms with Crippen molar-refractivity contribution in [2.75, 3.05) is 13.1 Å². The fourth-order valence-corrected chi connectivity index (χ4v) is 6.35. The van der Waals surface area contributed by atoms with Crippen LogP contribution in [0.4, 0.5) is 4.39 Å². The van der Waals surface area contributed by atoms with E-state index in [2.05, 4.69) is 53.2 Å². The monoisotopic (exact) mass is 619 g/mol. The van der Waals surface area contributed by atoms with Crippen molar-refractivity contribution in [1.82, 2.24) is 19.9 Å². The number of nitrogens with one attached hydrogen (secondary N) is 2. The van der Waals surface area contributed by atoms with Crippen LogP contribution in [-0.4, -0.2) is 39.0 Å². The van der Waals surface area contributed by atoms with E-state index >= 15 is 4.39 Å². The fourth-order valence-electron chi connectivity index (χ4n) is 6.11. The Hall–Kier alpha value is -3.53. The molecule has 8 nitrogen and oxygen atoms in total. The maximum atomic E-state index is 15.2. The maximum Gasteiger partial charge on any atom is 0.354 e. The summed E-state index contributed by atoms with van der Waals surface area (Å²) in [6, 6.07) is 13.6. The summed E-state index contributed by atoms with van der Waals surface area (Å²) in [5.41, 5.74) is 15.0. The number of aromatic amines is 1. The van der Waals surface area contributed by atoms with Crippen LogP contribution < -0.4 is 22.5 Å². The molecular weight excluding hydrogens is 577 g/mol. The number of benzene rings is 2. The third-order valence-electron chi connectivity index (χ3n) is 8.64. The smallest absolute Gasteiger partial charge is 0.354 e. The van der Waals surface area contributed by atoms with Crippen molar-refractivity contribution in [1.29, 1.82) is 0 Å². The Morgan fingerprint density at radius 2 is 2.02 bits per heavy atom. The fraction of sp³-hybridized carbons (Fsp3) is 0.441. The van der Waals surface area contributed by atoms with Gasteiger partial charge in [-0.25, -0.2) is 9.18 Å². The molecule has 1 fully saturated rings. The van der Waals surface area contributed by atoms with E-state index in [1.165, 1.54) is 4.57 Å². The molecule has 1 aliphatic heterocycles. The van der Waals surface area contributed by atoms with E-state index in [9.17, 15) is 4.79 Å². The third-order valence-corrected chi connectivity index (χ3v) is 8.91. The van der Waals surface area contributed by atoms with Crippen molar-refractivity contribution in [2.45, 2.75) is 77.3 Å². The van der Waals surface area contributed by atoms with Gasteiger partial charge in [-0.15, -0.1) is 0 Å². The average Bonchev–Trinajstić information content (AvgIpc) is 3.40. The number of aryl methyl sites for hydroxylation is 1. The quantitative estimate of drug-likeness (QED) is 0.114. The number of fused-ring (bicyclic) bond motifs is 1. The first-order valence-electron chi connectivity index (χ1n) is 15.5. The molecule has 2 unspecified atom stereocenters. The molecule has 1 aliphatic rings. The summed E-state index contributed by atoms with van der Waals surface area (Å²) >= 11 is 6.29. The Morgan fingerprint density at radius 1 is 1.25 bits per heavy atom. The molecular formula is C34H43ClFN7O. The van der Waals surface area contributed by atoms with Crippen LogP contribution in [-0.2, 0) is 6.42 Å². The van der Waals surface area contributed by atoms with Crippen molar-refractivity contribution >= 4 is 28.5 Å². The highest BCUT2D eigenvalue weighted by atomic mass is 35.5. The highest BCUT2D eigenvalue weighted by molar-refractivity contribution is 6.31. The highest BCUT2D eigenvalue weighted by Gasteiger charge is 2.31. The summed E-state index contributed by atoms with van der Waals surface area (Å²) in [4.78, 5) is 24.8. The summed E-state index contributed by atoms with van der Waals surface area (Å²) in [6.07, 6.45) is 8.73. The molecule has 0 radical (unpaired) electrons. The molecule has 0 amide bonds. The Kier molecular flexibility index (Phi) is 9.87. The number of H-pyrrole nitrogens is 1. The molecule has 3 heterocycles. The molecule has 2 aromatic heterocycles. The molecule has 1 saturated heterocycles. The summed E-state index contributed by atoms with van der Waals surface area (Å²) in [5.74, 6) is 0.595. The first-order chi connectivity index (χ1) is 21.0. The molecule has 0 spiro atoms. The second-order valence-corrected chi connectivity index (χ2v) is 13.1. The Bertz CT molecular complexity index is 1690. The number of amidine groups is 1. The Balaban J connectivity index is 1.35. The highest BCUT2D eigenvalue weighted by Crippen LogP contribution is 2.34. The van der Waals surface area contributed by atoms with Gasteiger partial charge >= 0.3 is 5.69 Å². The van der Waals surface area contributed by atoms with Gasteiger partial charge in [0.2, 0.25) is 0 Å². The van der Waals surface area contributed by atoms with Crippen LogP contribution in [0.3, 0.4) is 0 Å². The Morgan fingerprint density at radius 3 is 2.75 bits per heavy atom. The number of aliphatic imine (C=N–C) groups is 1. The van der Waals surface area contributed by atoms with Crippen LogP contribution in [0.1, 0.15) is 76.5 Å². The van der Waals surface area contributed by atoms with Gasteiger partial charge < -0.3 is 21.8 Å². The molecule has 0 aliphatic carbocycles. The molecule has 5 rings (SSSR count). The number of aromatic nitrogens is 3. The van der Waals surface area contributed by atoms with E-state index < -0.39 is 11.5 Å². The lowest BCUT2D eigenvalue weighted by Gasteiger charge is -2.40. The molecule has 2 atom stereocenters. The largest absolute Gasteiger partial charge is 0.386 e. The van der Waals surface area contributed by atoms with E-state index in [0.29, 0.717) is 46.3 Å². The molecule has 10 heteroatoms. The molecule has 44 heavy (non-hydrogen) atoms. The van der Waals surface area contributed by atoms with Gasteiger partial charge in [0, 0.05) is 35.3 Å². The van der Waals surface area contributed by atoms with Crippen molar-refractivity contribution in [3.63, 3.8) is 0 Å². The van der Waals surface area contributed by atoms with Crippen LogP contribution in [0, 0.1) is 11.7 Å². The molecule has 2 aromatic carbocycles. The molecule has 6 N–H and O–H groups in total. The van der Waals surface area contributed by atoms with E-state index in [0.717, 1.165) is 56.1 Å². The van der Waals surface area contributed by atoms with Crippen molar-refractivity contribution in [3.05, 3.63) is 81.1 Å². The number of piperidine rings is 1. The van der Waals surface area contributed by atoms with E-state index in [1.807, 2.05) is 24.3 Å². The summed E-state index contributed by atoms with van der Waals surface area (Å²) in [6.45, 7) is 7.53. The zero-order valence-corrected chi connectivity index (χ0v) is 26.6. The molecule has 4 aromatic rings. The van der Waals surface area contributed by atoms with Gasteiger partial charge in [0.15, 0.2) is 5.82 Å². The first-order valence-corrected chi connectivity index (χ1v) is 15.9. The average molecular weight is 620 g/mol. The minimum absolute atomic E-state index is 0.0465. The zero-order chi connectivity index (χ0) is 31.4. The number of nitrogens with two attached hydrogens (primary N) is 2. The van der Waals surface area contributed by atoms with Gasteiger partial charge in [0.1, 0.15) is 11.5 Å². The Labute approximate surface area is 263 Å². The number of halogens is 2. The maximum absolute atomic E-state index is 15.2. The van der Waals surface area contributed by atoms with Gasteiger partial charge in [-0.05, 0) is 92.8 Å². The van der Waals surface area contributed by atoms with Gasteiger partial charge in [-0.1, -0.05) is 44.0 Å². The third kappa shape index (κ3) is 7.39. The lowest BCUT2D eigenvalue weighted by molar-refractivity contribution is 0.215. The van der Waals surface area contributed by atoms with E-state index in [4.69, 9.17) is 23.1 Å². The van der Waals surface area contributed by atoms with Crippen molar-refractivity contribution in [3.8, 4) is 16.9 Å². The molecule has 234 valence electrons. The van der Waals surface area contributed by atoms with Crippen LogP contribution in [0.2, 0.25) is 5.02 Å². The van der Waals surface area contributed by atoms with E-state index in [1.54, 1.807) is 12.3 Å². The minimum Gasteiger partial charge on any atom is -0.386 e. The normalized spacial score (nSPS) is 19.2. The number of hydrogen-bond donors (Lipinski definition) is 4. The van der Waals surface area contributed by atoms with E-state index in [-0.39, 0.29) is 23.1 Å². The SMILES string of the molecule is CC(C)CCCc1cc(Cl)c(F)c(-c2cc3cn(-c4ccc(C5CCCC(C)(CCN=C(N)CN)N5)cc4)c(=O)nc3[nH]2)c1. The lowest BCUT2D eigenvalue weighted by Crippen LogP contribution is -2.48. The summed E-state index contributed by atoms with van der Waals surface area (Å²) in [5, 5.41) is 4.60. The second kappa shape index (κ2) is 13.6. The van der Waals surface area contributed by atoms with Gasteiger partial charge in [-0.3, -0.25) is 9.56 Å². The number of nitrogens with zero attached hydrogens (tertiary/aromatic N) is 3. The van der Waals surface area contributed by atoms with Gasteiger partial charge in [0.05, 0.1) is 22.9 Å². The van der Waals surface area contributed by atoms with Crippen LogP contribution in [0.5, 0.6) is 0 Å². The van der Waals surface area contributed by atoms with Crippen LogP contribution in [0.25, 0.3) is 28.0 Å². The predicted octanol–water partition coefficient (Wildman–Crippen LogP) is 6.43. The van der Waals surface area contributed by atoms with Crippen LogP contribution >= 0.6 is 11.6 Å². The van der Waals surface area contributed by atoms with Crippen molar-refractivity contribution in [2.24, 2.45) is 22.4 Å². The molecule has 0 bridgehead atoms. The second-order valence-electron chi connectivity index (χ2n) is 12.7. The minimum atomic E-state index is -0.489. The molecule has 0 saturated carbocycles. The number of hydrogen-bond acceptors (Lipinski definition) is 5. The summed E-state index contributed by atoms with van der Waals surface area (Å²) in [7, 11) is 0. The topological polar surface area (TPSA) is 127 Å². The zero-order valence-electron chi connectivity index (χ0n) is 25.8. The first kappa shape index (κ1) is 31.9. The van der Waals surface area contributed by atoms with Gasteiger partial charge in [0.25, 0.3) is 0 Å². The van der Waals surface area contributed by atoms with Gasteiger partial charge in [-0.2, -0.15) is 4.98 Å². The predicted molar refractivity (Wildman–Crippen MR) is 178 cm³/mol. The summed E-state index contributed by atoms with van der Waals surface area (Å²) < 4.78 is 16.7.